The first-order valence-corrected chi connectivity index (χ1v) is 36.7. The van der Waals surface area contributed by atoms with Gasteiger partial charge in [0.25, 0.3) is 0 Å². The molecule has 0 unspecified atom stereocenters. The van der Waals surface area contributed by atoms with Crippen LogP contribution in [-0.4, -0.2) is 6.51 Å². The zero-order chi connectivity index (χ0) is 49.9. The largest absolute Gasteiger partial charge is 1.00 e. The van der Waals surface area contributed by atoms with Crippen LogP contribution >= 0.6 is 0 Å². The minimum absolute atomic E-state index is 0. The van der Waals surface area contributed by atoms with E-state index in [1.54, 1.807) is 42.1 Å². The van der Waals surface area contributed by atoms with Crippen molar-refractivity contribution in [1.82, 2.24) is 0 Å². The molecule has 0 amide bonds. The van der Waals surface area contributed by atoms with Gasteiger partial charge >= 0.3 is 442 Å². The van der Waals surface area contributed by atoms with Gasteiger partial charge in [0.1, 0.15) is 0 Å². The van der Waals surface area contributed by atoms with Gasteiger partial charge in [0.15, 0.2) is 0 Å². The van der Waals surface area contributed by atoms with Gasteiger partial charge in [-0.3, -0.25) is 0 Å². The maximum absolute atomic E-state index is 2.62. The Hall–Kier alpha value is -3.66. The topological polar surface area (TPSA) is 0 Å². The summed E-state index contributed by atoms with van der Waals surface area (Å²) < 4.78 is 10.3. The fraction of sp³-hybridized carbons (Fsp3) is 0.324. The Morgan fingerprint density at radius 1 is 0.403 bits per heavy atom. The molecule has 72 heavy (non-hydrogen) atoms. The van der Waals surface area contributed by atoms with Crippen LogP contribution in [0.2, 0.25) is 0 Å². The van der Waals surface area contributed by atoms with Gasteiger partial charge in [-0.1, -0.05) is 0 Å². The van der Waals surface area contributed by atoms with Crippen molar-refractivity contribution in [3.63, 3.8) is 0 Å². The molecule has 0 saturated carbocycles. The molecule has 6 aromatic rings. The van der Waals surface area contributed by atoms with Crippen molar-refractivity contribution >= 4 is 13.2 Å². The van der Waals surface area contributed by atoms with E-state index in [1.165, 1.54) is 55.6 Å². The van der Waals surface area contributed by atoms with Gasteiger partial charge in [0, 0.05) is 0 Å². The van der Waals surface area contributed by atoms with Gasteiger partial charge in [-0.2, -0.15) is 0 Å². The fourth-order valence-corrected chi connectivity index (χ4v) is 36.4. The maximum Gasteiger partial charge on any atom is -1.00 e. The molecule has 6 aromatic carbocycles. The van der Waals surface area contributed by atoms with Gasteiger partial charge in [-0.05, 0) is 0 Å². The summed E-state index contributed by atoms with van der Waals surface area (Å²) in [6.07, 6.45) is 18.6. The molecule has 4 aliphatic carbocycles. The molecular formula is C68H76Cl2Hf2-2. The second kappa shape index (κ2) is 21.9. The zero-order valence-corrected chi connectivity index (χ0v) is 54.3. The van der Waals surface area contributed by atoms with Crippen LogP contribution in [0.3, 0.4) is 0 Å². The first-order chi connectivity index (χ1) is 33.1. The van der Waals surface area contributed by atoms with Crippen LogP contribution in [0, 0.1) is 0 Å². The molecule has 0 aromatic heterocycles. The standard InChI is InChI=1S/2C21H25.2C8H8.2C5H5.2ClH.2Hf/c2*1-20(2,3)16-7-9-18-14(12-16)11-15-13-17(21(4,5)6)8-10-19(15)18;2*1-2-8-6-4-3-5-7-8;2*1-2-4-5-3-1;;;;/h2*7-10,12H,11H2,1-6H3;2*3-7H,1H3;2*1-3H,4H2;2*1H;;/p-2. The molecule has 4 heteroatoms. The number of hydrogen-bond donors (Lipinski definition) is 0. The Morgan fingerprint density at radius 3 is 1.06 bits per heavy atom. The first kappa shape index (κ1) is 56.1. The minimum atomic E-state index is -2.62. The van der Waals surface area contributed by atoms with E-state index in [-0.39, 0.29) is 46.5 Å². The van der Waals surface area contributed by atoms with Crippen LogP contribution in [0.25, 0.3) is 22.3 Å². The molecule has 0 aliphatic heterocycles. The van der Waals surface area contributed by atoms with E-state index in [0.717, 1.165) is 25.7 Å². The van der Waals surface area contributed by atoms with E-state index in [4.69, 9.17) is 0 Å². The van der Waals surface area contributed by atoms with E-state index in [1.807, 2.05) is 0 Å². The molecule has 372 valence electrons. The van der Waals surface area contributed by atoms with Gasteiger partial charge in [-0.25, -0.2) is 0 Å². The number of benzene rings is 6. The summed E-state index contributed by atoms with van der Waals surface area (Å²) in [6, 6.07) is 46.7. The van der Waals surface area contributed by atoms with Crippen molar-refractivity contribution in [2.45, 2.75) is 144 Å². The van der Waals surface area contributed by atoms with Crippen LogP contribution in [0.1, 0.15) is 165 Å². The summed E-state index contributed by atoms with van der Waals surface area (Å²) in [6.45, 7) is 33.3. The van der Waals surface area contributed by atoms with Gasteiger partial charge in [0.05, 0.1) is 0 Å². The molecule has 0 spiro atoms. The van der Waals surface area contributed by atoms with Crippen LogP contribution in [0.5, 0.6) is 0 Å². The average molecular weight is 1320 g/mol. The average Bonchev–Trinajstić information content (AvgIpc) is 4.16. The van der Waals surface area contributed by atoms with E-state index in [9.17, 15) is 0 Å². The van der Waals surface area contributed by atoms with Crippen molar-refractivity contribution in [1.29, 1.82) is 0 Å². The summed E-state index contributed by atoms with van der Waals surface area (Å²) in [5.41, 5.74) is 21.6. The van der Waals surface area contributed by atoms with Gasteiger partial charge in [0.2, 0.25) is 0 Å². The van der Waals surface area contributed by atoms with Gasteiger partial charge < -0.3 is 24.8 Å². The Balaban J connectivity index is 0.000000206. The summed E-state index contributed by atoms with van der Waals surface area (Å²) in [5.74, 6) is 0. The molecule has 0 saturated heterocycles. The molecule has 0 bridgehead atoms. The Bertz CT molecular complexity index is 3000. The third kappa shape index (κ3) is 11.3. The third-order valence-electron chi connectivity index (χ3n) is 15.3. The monoisotopic (exact) mass is 1320 g/mol. The van der Waals surface area contributed by atoms with Crippen molar-refractivity contribution in [2.24, 2.45) is 0 Å². The van der Waals surface area contributed by atoms with Crippen molar-refractivity contribution in [3.05, 3.63) is 220 Å². The number of fused-ring (bicyclic) bond motifs is 6. The fourth-order valence-electron chi connectivity index (χ4n) is 11.4. The summed E-state index contributed by atoms with van der Waals surface area (Å²) in [5, 5.41) is 0. The number of hydrogen-bond acceptors (Lipinski definition) is 0. The van der Waals surface area contributed by atoms with Crippen LogP contribution in [0.15, 0.2) is 164 Å². The smallest absolute Gasteiger partial charge is 1.00 e. The van der Waals surface area contributed by atoms with Crippen molar-refractivity contribution in [3.8, 4) is 22.3 Å². The molecule has 4 aliphatic rings. The first-order valence-electron chi connectivity index (χ1n) is 26.0. The molecular weight excluding hydrogens is 1240 g/mol. The molecule has 0 fully saturated rings. The molecule has 10 rings (SSSR count). The molecule has 0 radical (unpaired) electrons. The predicted octanol–water partition coefficient (Wildman–Crippen LogP) is 10.4. The maximum atomic E-state index is 2.49. The number of halogens is 2. The molecule has 0 N–H and O–H groups in total. The van der Waals surface area contributed by atoms with Crippen LogP contribution in [-0.2, 0) is 76.4 Å². The normalized spacial score (nSPS) is 15.1. The van der Waals surface area contributed by atoms with E-state index in [0.29, 0.717) is 0 Å². The van der Waals surface area contributed by atoms with E-state index in [2.05, 4.69) is 255 Å². The zero-order valence-electron chi connectivity index (χ0n) is 45.6. The van der Waals surface area contributed by atoms with Crippen molar-refractivity contribution in [2.75, 3.05) is 0 Å². The number of allylic oxidation sites excluding steroid dienone is 8. The van der Waals surface area contributed by atoms with E-state index >= 15 is 0 Å². The predicted molar refractivity (Wildman–Crippen MR) is 300 cm³/mol. The van der Waals surface area contributed by atoms with E-state index < -0.39 is 41.9 Å². The molecule has 0 nitrogen and oxygen atoms in total. The Morgan fingerprint density at radius 2 is 0.750 bits per heavy atom. The SMILES string of the molecule is C/[C](c1ccccc1)=[Hf](\[C]1=CC=CC1)[c]1c(C(C)(C)C)ccc2c1Cc1cc(C(C)(C)C)ccc1-2.C/[C](c1ccccc1)=[Hf](\[C]1=CC=CC1)[c]1c(C(C)(C)C)ccc2c1Cc1cc(C(C)(C)C)ccc1-2.[Cl-].[Cl-]. The minimum Gasteiger partial charge on any atom is -1.00 e. The Kier molecular flexibility index (Phi) is 17.1. The molecule has 0 atom stereocenters. The van der Waals surface area contributed by atoms with Crippen LogP contribution in [0.4, 0.5) is 0 Å². The Labute approximate surface area is 462 Å². The second-order valence-corrected chi connectivity index (χ2v) is 43.5. The summed E-state index contributed by atoms with van der Waals surface area (Å²) >= 11 is -5.25. The quantitative estimate of drug-likeness (QED) is 0.146. The van der Waals surface area contributed by atoms with Crippen molar-refractivity contribution < 1.29 is 66.7 Å². The second-order valence-electron chi connectivity index (χ2n) is 24.5. The molecule has 0 heterocycles. The summed E-state index contributed by atoms with van der Waals surface area (Å²) in [4.78, 5) is 0. The third-order valence-corrected chi connectivity index (χ3v) is 37.8. The van der Waals surface area contributed by atoms with Crippen LogP contribution < -0.4 is 31.5 Å². The van der Waals surface area contributed by atoms with Gasteiger partial charge in [-0.15, -0.1) is 0 Å². The summed E-state index contributed by atoms with van der Waals surface area (Å²) in [7, 11) is 0. The number of rotatable bonds is 6.